The summed E-state index contributed by atoms with van der Waals surface area (Å²) in [6, 6.07) is 69.3. The topological polar surface area (TPSA) is 25.8 Å². The maximum absolute atomic E-state index is 5.67. The highest BCUT2D eigenvalue weighted by Crippen LogP contribution is 2.48. The average molecular weight is 801 g/mol. The average Bonchev–Trinajstić information content (AvgIpc) is 4.15. The number of rotatable bonds is 6. The molecule has 0 saturated heterocycles. The third kappa shape index (κ3) is 6.53. The van der Waals surface area contributed by atoms with Crippen molar-refractivity contribution in [3.63, 3.8) is 0 Å². The van der Waals surface area contributed by atoms with Gasteiger partial charge >= 0.3 is 0 Å². The minimum absolute atomic E-state index is 0.937. The molecule has 2 aliphatic heterocycles. The summed E-state index contributed by atoms with van der Waals surface area (Å²) in [6.45, 7) is 0. The Labute approximate surface area is 357 Å². The number of fused-ring (bicyclic) bond motifs is 8. The van der Waals surface area contributed by atoms with E-state index in [0.29, 0.717) is 0 Å². The van der Waals surface area contributed by atoms with E-state index in [1.165, 1.54) is 20.5 Å². The van der Waals surface area contributed by atoms with Crippen LogP contribution in [0, 0.1) is 0 Å². The van der Waals surface area contributed by atoms with E-state index in [2.05, 4.69) is 218 Å². The van der Waals surface area contributed by atoms with Crippen LogP contribution < -0.4 is 0 Å². The molecule has 2 aliphatic rings. The predicted octanol–water partition coefficient (Wildman–Crippen LogP) is 16.1. The van der Waals surface area contributed by atoms with Crippen molar-refractivity contribution in [1.82, 2.24) is 9.97 Å². The second-order valence-electron chi connectivity index (χ2n) is 14.8. The molecule has 11 rings (SSSR count). The van der Waals surface area contributed by atoms with Crippen LogP contribution >= 0.6 is 22.7 Å². The van der Waals surface area contributed by atoms with Crippen molar-refractivity contribution in [3.8, 4) is 66.8 Å². The molecule has 0 spiro atoms. The third-order valence-corrected chi connectivity index (χ3v) is 13.5. The lowest BCUT2D eigenvalue weighted by molar-refractivity contribution is 1.33. The molecule has 0 fully saturated rings. The van der Waals surface area contributed by atoms with Crippen LogP contribution in [0.2, 0.25) is 0 Å². The molecule has 4 heteroatoms. The highest BCUT2D eigenvalue weighted by molar-refractivity contribution is 7.25. The molecule has 6 aromatic carbocycles. The summed E-state index contributed by atoms with van der Waals surface area (Å²) in [5.41, 5.74) is 17.3. The summed E-state index contributed by atoms with van der Waals surface area (Å²) in [6.07, 6.45) is 8.86. The molecule has 9 aromatic rings. The van der Waals surface area contributed by atoms with Gasteiger partial charge in [-0.3, -0.25) is 0 Å². The van der Waals surface area contributed by atoms with Crippen molar-refractivity contribution >= 4 is 65.8 Å². The maximum atomic E-state index is 5.67. The minimum Gasteiger partial charge on any atom is -0.248 e. The number of hydrogen-bond donors (Lipinski definition) is 0. The standard InChI is InChI=1S/C56H36N2S2/c1-7-19-37(20-8-1)43-35-49-51(39-23-11-3-12-24-39)45-31-32-46(57-45)52(40-25-13-4-14-26-40)50-36-44(38-21-9-2-10-22-38)56(60-50)54(42-29-17-6-18-30-42)48-34-33-47(58-48)53(55(43)59-49)41-27-15-5-16-28-41/h1-36H. The molecule has 0 amide bonds. The van der Waals surface area contributed by atoms with Gasteiger partial charge in [0.2, 0.25) is 0 Å². The molecule has 60 heavy (non-hydrogen) atoms. The van der Waals surface area contributed by atoms with Crippen LogP contribution in [-0.2, 0) is 0 Å². The van der Waals surface area contributed by atoms with Gasteiger partial charge in [0.1, 0.15) is 0 Å². The van der Waals surface area contributed by atoms with Crippen molar-refractivity contribution in [2.24, 2.45) is 0 Å². The van der Waals surface area contributed by atoms with E-state index >= 15 is 0 Å². The largest absolute Gasteiger partial charge is 0.248 e. The van der Waals surface area contributed by atoms with Gasteiger partial charge in [0.05, 0.1) is 22.8 Å². The van der Waals surface area contributed by atoms with E-state index in [4.69, 9.17) is 9.97 Å². The summed E-state index contributed by atoms with van der Waals surface area (Å²) in [4.78, 5) is 11.3. The molecular formula is C56H36N2S2. The zero-order valence-electron chi connectivity index (χ0n) is 32.5. The maximum Gasteiger partial charge on any atom is 0.0730 e. The highest BCUT2D eigenvalue weighted by Gasteiger charge is 2.23. The summed E-state index contributed by atoms with van der Waals surface area (Å²) in [5.74, 6) is 0. The van der Waals surface area contributed by atoms with E-state index in [-0.39, 0.29) is 0 Å². The summed E-state index contributed by atoms with van der Waals surface area (Å²) < 4.78 is 4.63. The quantitative estimate of drug-likeness (QED) is 0.167. The summed E-state index contributed by atoms with van der Waals surface area (Å²) in [5, 5.41) is 0. The molecule has 0 saturated carbocycles. The molecule has 5 heterocycles. The van der Waals surface area contributed by atoms with Gasteiger partial charge in [-0.25, -0.2) is 9.97 Å². The Morgan fingerprint density at radius 2 is 0.517 bits per heavy atom. The number of benzene rings is 6. The van der Waals surface area contributed by atoms with Gasteiger partial charge in [0, 0.05) is 52.2 Å². The zero-order valence-corrected chi connectivity index (χ0v) is 34.1. The van der Waals surface area contributed by atoms with Gasteiger partial charge in [-0.15, -0.1) is 22.7 Å². The molecule has 3 aromatic heterocycles. The van der Waals surface area contributed by atoms with Crippen molar-refractivity contribution in [3.05, 3.63) is 217 Å². The van der Waals surface area contributed by atoms with Crippen LogP contribution in [0.3, 0.4) is 0 Å². The first-order valence-corrected chi connectivity index (χ1v) is 21.8. The van der Waals surface area contributed by atoms with Crippen molar-refractivity contribution in [2.75, 3.05) is 0 Å². The first-order chi connectivity index (χ1) is 29.8. The number of aromatic nitrogens is 2. The number of nitrogens with zero attached hydrogens (tertiary/aromatic N) is 2. The third-order valence-electron chi connectivity index (χ3n) is 11.1. The number of hydrogen-bond acceptors (Lipinski definition) is 4. The van der Waals surface area contributed by atoms with Gasteiger partial charge in [-0.05, 0) is 69.8 Å². The molecule has 282 valence electrons. The second kappa shape index (κ2) is 15.5. The van der Waals surface area contributed by atoms with Crippen LogP contribution in [0.15, 0.2) is 194 Å². The second-order valence-corrected chi connectivity index (χ2v) is 16.9. The molecule has 0 N–H and O–H groups in total. The molecule has 0 atom stereocenters. The van der Waals surface area contributed by atoms with E-state index in [9.17, 15) is 0 Å². The van der Waals surface area contributed by atoms with Crippen LogP contribution in [0.5, 0.6) is 0 Å². The van der Waals surface area contributed by atoms with E-state index in [0.717, 1.165) is 87.8 Å². The fourth-order valence-electron chi connectivity index (χ4n) is 8.39. The van der Waals surface area contributed by atoms with Crippen LogP contribution in [0.4, 0.5) is 0 Å². The number of thiophene rings is 2. The van der Waals surface area contributed by atoms with Gasteiger partial charge in [0.15, 0.2) is 0 Å². The normalized spacial score (nSPS) is 11.9. The Morgan fingerprint density at radius 3 is 0.817 bits per heavy atom. The van der Waals surface area contributed by atoms with Gasteiger partial charge in [-0.2, -0.15) is 0 Å². The van der Waals surface area contributed by atoms with Gasteiger partial charge in [-0.1, -0.05) is 182 Å². The van der Waals surface area contributed by atoms with Crippen molar-refractivity contribution < 1.29 is 0 Å². The van der Waals surface area contributed by atoms with Crippen LogP contribution in [-0.4, -0.2) is 9.97 Å². The Kier molecular flexibility index (Phi) is 9.27. The van der Waals surface area contributed by atoms with Crippen molar-refractivity contribution in [1.29, 1.82) is 0 Å². The minimum atomic E-state index is 0.937. The van der Waals surface area contributed by atoms with E-state index in [1.54, 1.807) is 0 Å². The molecule has 0 aliphatic carbocycles. The van der Waals surface area contributed by atoms with Crippen molar-refractivity contribution in [2.45, 2.75) is 0 Å². The Hall–Kier alpha value is -7.24. The lowest BCUT2D eigenvalue weighted by Crippen LogP contribution is -1.87. The molecule has 0 radical (unpaired) electrons. The SMILES string of the molecule is C1=Cc2nc1c(-c1ccccc1)c1cc(-c3ccccc3)c(s1)c(-c1ccccc1)c1nc(c(-c3ccccc3)c3sc(cc3-c3ccccc3)c2-c2ccccc2)C=C1. The van der Waals surface area contributed by atoms with Crippen LogP contribution in [0.1, 0.15) is 22.8 Å². The molecule has 8 bridgehead atoms. The molecular weight excluding hydrogens is 765 g/mol. The summed E-state index contributed by atoms with van der Waals surface area (Å²) >= 11 is 3.63. The van der Waals surface area contributed by atoms with Gasteiger partial charge < -0.3 is 0 Å². The smallest absolute Gasteiger partial charge is 0.0730 e. The first-order valence-electron chi connectivity index (χ1n) is 20.2. The van der Waals surface area contributed by atoms with E-state index < -0.39 is 0 Å². The fraction of sp³-hybridized carbons (Fsp3) is 0. The lowest BCUT2D eigenvalue weighted by Gasteiger charge is -2.08. The van der Waals surface area contributed by atoms with Gasteiger partial charge in [0.25, 0.3) is 0 Å². The Bertz CT molecular complexity index is 3040. The zero-order chi connectivity index (χ0) is 39.8. The predicted molar refractivity (Wildman–Crippen MR) is 259 cm³/mol. The first kappa shape index (κ1) is 35.9. The monoisotopic (exact) mass is 800 g/mol. The Balaban J connectivity index is 1.41. The van der Waals surface area contributed by atoms with E-state index in [1.807, 2.05) is 22.7 Å². The highest BCUT2D eigenvalue weighted by atomic mass is 32.1. The van der Waals surface area contributed by atoms with Crippen LogP contribution in [0.25, 0.3) is 110 Å². The molecule has 2 nitrogen and oxygen atoms in total. The summed E-state index contributed by atoms with van der Waals surface area (Å²) in [7, 11) is 0. The Morgan fingerprint density at radius 1 is 0.267 bits per heavy atom. The fourth-order valence-corrected chi connectivity index (χ4v) is 11.1. The molecule has 0 unspecified atom stereocenters. The lowest BCUT2D eigenvalue weighted by atomic mass is 9.98.